The van der Waals surface area contributed by atoms with Crippen molar-refractivity contribution in [2.75, 3.05) is 16.7 Å². The quantitative estimate of drug-likeness (QED) is 0.870. The second-order valence-electron chi connectivity index (χ2n) is 5.63. The van der Waals surface area contributed by atoms with E-state index in [2.05, 4.69) is 5.32 Å². The monoisotopic (exact) mass is 346 g/mol. The van der Waals surface area contributed by atoms with Gasteiger partial charge in [-0.3, -0.25) is 9.10 Å². The van der Waals surface area contributed by atoms with E-state index >= 15 is 0 Å². The van der Waals surface area contributed by atoms with Gasteiger partial charge in [0.05, 0.1) is 10.6 Å². The van der Waals surface area contributed by atoms with Gasteiger partial charge in [0, 0.05) is 18.7 Å². The molecule has 6 heteroatoms. The number of carbonyl (C=O) groups is 1. The van der Waals surface area contributed by atoms with Crippen LogP contribution in [0.2, 0.25) is 0 Å². The Hall–Kier alpha value is -2.34. The highest BCUT2D eigenvalue weighted by atomic mass is 32.2. The fourth-order valence-corrected chi connectivity index (χ4v) is 3.36. The molecule has 1 unspecified atom stereocenters. The van der Waals surface area contributed by atoms with Crippen molar-refractivity contribution in [3.05, 3.63) is 54.6 Å². The van der Waals surface area contributed by atoms with Crippen molar-refractivity contribution < 1.29 is 13.2 Å². The van der Waals surface area contributed by atoms with E-state index in [1.54, 1.807) is 36.4 Å². The molecular formula is C18H22N2O3S. The molecule has 0 bridgehead atoms. The molecule has 2 aromatic carbocycles. The van der Waals surface area contributed by atoms with E-state index in [4.69, 9.17) is 0 Å². The number of sulfonamides is 1. The number of benzene rings is 2. The molecular weight excluding hydrogens is 324 g/mol. The Morgan fingerprint density at radius 3 is 2.42 bits per heavy atom. The summed E-state index contributed by atoms with van der Waals surface area (Å²) >= 11 is 0. The molecule has 0 aliphatic rings. The Kier molecular flexibility index (Phi) is 5.62. The van der Waals surface area contributed by atoms with Crippen LogP contribution in [0.4, 0.5) is 11.4 Å². The van der Waals surface area contributed by atoms with Gasteiger partial charge < -0.3 is 5.32 Å². The maximum absolute atomic E-state index is 12.8. The first-order valence-corrected chi connectivity index (χ1v) is 9.25. The minimum absolute atomic E-state index is 0.122. The summed E-state index contributed by atoms with van der Waals surface area (Å²) in [5, 5.41) is 2.76. The number of nitrogens with one attached hydrogen (secondary N) is 1. The summed E-state index contributed by atoms with van der Waals surface area (Å²) in [5.41, 5.74) is 1.05. The highest BCUT2D eigenvalue weighted by Crippen LogP contribution is 2.24. The molecule has 0 aliphatic heterocycles. The molecule has 24 heavy (non-hydrogen) atoms. The van der Waals surface area contributed by atoms with Crippen LogP contribution in [0.15, 0.2) is 59.5 Å². The van der Waals surface area contributed by atoms with Crippen LogP contribution < -0.4 is 9.62 Å². The predicted molar refractivity (Wildman–Crippen MR) is 96.6 cm³/mol. The lowest BCUT2D eigenvalue weighted by atomic mass is 10.1. The van der Waals surface area contributed by atoms with Crippen LogP contribution >= 0.6 is 0 Å². The number of amides is 1. The minimum atomic E-state index is -3.69. The summed E-state index contributed by atoms with van der Waals surface area (Å²) in [6.07, 6.45) is 0.723. The highest BCUT2D eigenvalue weighted by molar-refractivity contribution is 7.92. The summed E-state index contributed by atoms with van der Waals surface area (Å²) in [7, 11) is -2.19. The summed E-state index contributed by atoms with van der Waals surface area (Å²) in [5.74, 6) is -0.249. The second-order valence-corrected chi connectivity index (χ2v) is 7.60. The standard InChI is InChI=1S/C18H22N2O3S/c1-4-14(2)18(21)19-15-9-8-12-17(13-15)24(22,23)20(3)16-10-6-5-7-11-16/h5-14H,4H2,1-3H3,(H,19,21). The molecule has 0 aromatic heterocycles. The summed E-state index contributed by atoms with van der Waals surface area (Å²) < 4.78 is 26.8. The highest BCUT2D eigenvalue weighted by Gasteiger charge is 2.22. The Morgan fingerprint density at radius 2 is 1.79 bits per heavy atom. The molecule has 2 rings (SSSR count). The number of para-hydroxylation sites is 1. The Morgan fingerprint density at radius 1 is 1.12 bits per heavy atom. The van der Waals surface area contributed by atoms with Crippen LogP contribution in [0, 0.1) is 5.92 Å². The first-order valence-electron chi connectivity index (χ1n) is 7.81. The van der Waals surface area contributed by atoms with Crippen molar-refractivity contribution in [3.63, 3.8) is 0 Å². The van der Waals surface area contributed by atoms with E-state index in [9.17, 15) is 13.2 Å². The molecule has 5 nitrogen and oxygen atoms in total. The predicted octanol–water partition coefficient (Wildman–Crippen LogP) is 3.50. The lowest BCUT2D eigenvalue weighted by Gasteiger charge is -2.20. The zero-order valence-electron chi connectivity index (χ0n) is 14.1. The molecule has 0 fully saturated rings. The van der Waals surface area contributed by atoms with Gasteiger partial charge in [-0.15, -0.1) is 0 Å². The fraction of sp³-hybridized carbons (Fsp3) is 0.278. The van der Waals surface area contributed by atoms with Gasteiger partial charge in [0.15, 0.2) is 0 Å². The van der Waals surface area contributed by atoms with E-state index in [1.165, 1.54) is 23.5 Å². The molecule has 128 valence electrons. The lowest BCUT2D eigenvalue weighted by molar-refractivity contribution is -0.119. The van der Waals surface area contributed by atoms with Crippen LogP contribution in [0.25, 0.3) is 0 Å². The average Bonchev–Trinajstić information content (AvgIpc) is 2.61. The minimum Gasteiger partial charge on any atom is -0.326 e. The van der Waals surface area contributed by atoms with Gasteiger partial charge in [-0.25, -0.2) is 8.42 Å². The molecule has 0 saturated carbocycles. The molecule has 0 radical (unpaired) electrons. The lowest BCUT2D eigenvalue weighted by Crippen LogP contribution is -2.26. The maximum atomic E-state index is 12.8. The summed E-state index contributed by atoms with van der Waals surface area (Å²) in [6, 6.07) is 15.2. The zero-order valence-corrected chi connectivity index (χ0v) is 14.9. The number of hydrogen-bond acceptors (Lipinski definition) is 3. The third-order valence-electron chi connectivity index (χ3n) is 3.94. The molecule has 1 atom stereocenters. The first-order chi connectivity index (χ1) is 11.4. The van der Waals surface area contributed by atoms with E-state index < -0.39 is 10.0 Å². The van der Waals surface area contributed by atoms with Gasteiger partial charge in [-0.2, -0.15) is 0 Å². The van der Waals surface area contributed by atoms with Crippen molar-refractivity contribution in [2.24, 2.45) is 5.92 Å². The van der Waals surface area contributed by atoms with E-state index in [0.29, 0.717) is 11.4 Å². The van der Waals surface area contributed by atoms with Gasteiger partial charge in [0.2, 0.25) is 5.91 Å². The Bertz CT molecular complexity index is 804. The zero-order chi connectivity index (χ0) is 17.7. The number of carbonyl (C=O) groups excluding carboxylic acids is 1. The smallest absolute Gasteiger partial charge is 0.264 e. The summed E-state index contributed by atoms with van der Waals surface area (Å²) in [6.45, 7) is 3.76. The van der Waals surface area contributed by atoms with Gasteiger partial charge in [-0.1, -0.05) is 38.1 Å². The van der Waals surface area contributed by atoms with Crippen molar-refractivity contribution in [3.8, 4) is 0 Å². The average molecular weight is 346 g/mol. The van der Waals surface area contributed by atoms with Crippen molar-refractivity contribution in [1.29, 1.82) is 0 Å². The van der Waals surface area contributed by atoms with E-state index in [-0.39, 0.29) is 16.7 Å². The number of anilines is 2. The van der Waals surface area contributed by atoms with E-state index in [1.807, 2.05) is 19.9 Å². The van der Waals surface area contributed by atoms with Gasteiger partial charge >= 0.3 is 0 Å². The molecule has 0 saturated heterocycles. The molecule has 0 aliphatic carbocycles. The molecule has 0 heterocycles. The summed E-state index contributed by atoms with van der Waals surface area (Å²) in [4.78, 5) is 12.1. The van der Waals surface area contributed by atoms with Gasteiger partial charge in [0.25, 0.3) is 10.0 Å². The number of rotatable bonds is 6. The van der Waals surface area contributed by atoms with Crippen molar-refractivity contribution in [1.82, 2.24) is 0 Å². The van der Waals surface area contributed by atoms with Crippen LogP contribution in [0.1, 0.15) is 20.3 Å². The second kappa shape index (κ2) is 7.49. The number of nitrogens with zero attached hydrogens (tertiary/aromatic N) is 1. The van der Waals surface area contributed by atoms with Gasteiger partial charge in [0.1, 0.15) is 0 Å². The number of hydrogen-bond donors (Lipinski definition) is 1. The van der Waals surface area contributed by atoms with Crippen LogP contribution in [0.3, 0.4) is 0 Å². The van der Waals surface area contributed by atoms with E-state index in [0.717, 1.165) is 6.42 Å². The Balaban J connectivity index is 2.28. The molecule has 1 N–H and O–H groups in total. The fourth-order valence-electron chi connectivity index (χ4n) is 2.12. The van der Waals surface area contributed by atoms with Crippen LogP contribution in [0.5, 0.6) is 0 Å². The Labute approximate surface area is 143 Å². The SMILES string of the molecule is CCC(C)C(=O)Nc1cccc(S(=O)(=O)N(C)c2ccccc2)c1. The van der Waals surface area contributed by atoms with Crippen LogP contribution in [-0.4, -0.2) is 21.4 Å². The third-order valence-corrected chi connectivity index (χ3v) is 5.72. The van der Waals surface area contributed by atoms with Gasteiger partial charge in [-0.05, 0) is 36.8 Å². The topological polar surface area (TPSA) is 66.5 Å². The third kappa shape index (κ3) is 3.94. The van der Waals surface area contributed by atoms with Crippen LogP contribution in [-0.2, 0) is 14.8 Å². The first kappa shape index (κ1) is 18.0. The molecule has 1 amide bonds. The molecule has 0 spiro atoms. The van der Waals surface area contributed by atoms with Crippen molar-refractivity contribution >= 4 is 27.3 Å². The molecule has 2 aromatic rings. The maximum Gasteiger partial charge on any atom is 0.264 e. The normalized spacial score (nSPS) is 12.5. The largest absolute Gasteiger partial charge is 0.326 e. The van der Waals surface area contributed by atoms with Crippen molar-refractivity contribution in [2.45, 2.75) is 25.2 Å².